The zero-order valence-corrected chi connectivity index (χ0v) is 17.3. The summed E-state index contributed by atoms with van der Waals surface area (Å²) in [5.41, 5.74) is 3.52. The molecule has 0 aliphatic heterocycles. The average Bonchev–Trinajstić information content (AvgIpc) is 3.13. The number of hydrogen-bond donors (Lipinski definition) is 1. The van der Waals surface area contributed by atoms with Gasteiger partial charge in [-0.15, -0.1) is 11.3 Å². The van der Waals surface area contributed by atoms with Crippen molar-refractivity contribution in [3.05, 3.63) is 38.2 Å². The monoisotopic (exact) mass is 385 g/mol. The lowest BCUT2D eigenvalue weighted by molar-refractivity contribution is 0.570. The SMILES string of the molecule is Cc1cc(C)n(CCNc2nc3sc4c(c3c(=O)n2C(C)C)CCCC4)n1. The molecule has 6 nitrogen and oxygen atoms in total. The van der Waals surface area contributed by atoms with Crippen molar-refractivity contribution in [2.24, 2.45) is 0 Å². The first-order valence-electron chi connectivity index (χ1n) is 9.77. The van der Waals surface area contributed by atoms with Crippen molar-refractivity contribution in [3.63, 3.8) is 0 Å². The van der Waals surface area contributed by atoms with Crippen LogP contribution in [0.3, 0.4) is 0 Å². The third-order valence-electron chi connectivity index (χ3n) is 5.25. The summed E-state index contributed by atoms with van der Waals surface area (Å²) in [5.74, 6) is 0.669. The van der Waals surface area contributed by atoms with E-state index in [1.165, 1.54) is 23.3 Å². The maximum atomic E-state index is 13.3. The molecule has 0 aromatic carbocycles. The fourth-order valence-electron chi connectivity index (χ4n) is 4.00. The highest BCUT2D eigenvalue weighted by atomic mass is 32.1. The Labute approximate surface area is 163 Å². The van der Waals surface area contributed by atoms with E-state index in [4.69, 9.17) is 4.98 Å². The second-order valence-electron chi connectivity index (χ2n) is 7.67. The number of aryl methyl sites for hydroxylation is 4. The van der Waals surface area contributed by atoms with Crippen LogP contribution in [0.4, 0.5) is 5.95 Å². The van der Waals surface area contributed by atoms with Gasteiger partial charge in [-0.2, -0.15) is 5.10 Å². The number of hydrogen-bond acceptors (Lipinski definition) is 5. The lowest BCUT2D eigenvalue weighted by atomic mass is 9.97. The summed E-state index contributed by atoms with van der Waals surface area (Å²) in [6.07, 6.45) is 4.47. The van der Waals surface area contributed by atoms with Crippen LogP contribution in [0.1, 0.15) is 54.6 Å². The molecule has 1 N–H and O–H groups in total. The molecule has 0 unspecified atom stereocenters. The Morgan fingerprint density at radius 3 is 2.74 bits per heavy atom. The highest BCUT2D eigenvalue weighted by molar-refractivity contribution is 7.18. The Bertz CT molecular complexity index is 1040. The van der Waals surface area contributed by atoms with E-state index in [1.54, 1.807) is 11.3 Å². The minimum atomic E-state index is 0.0599. The fourth-order valence-corrected chi connectivity index (χ4v) is 5.25. The van der Waals surface area contributed by atoms with Crippen LogP contribution in [0.2, 0.25) is 0 Å². The van der Waals surface area contributed by atoms with E-state index >= 15 is 0 Å². The van der Waals surface area contributed by atoms with Crippen LogP contribution in [0.15, 0.2) is 10.9 Å². The molecule has 27 heavy (non-hydrogen) atoms. The third-order valence-corrected chi connectivity index (χ3v) is 6.43. The van der Waals surface area contributed by atoms with Crippen LogP contribution in [0, 0.1) is 13.8 Å². The number of aromatic nitrogens is 4. The maximum absolute atomic E-state index is 13.3. The molecule has 0 saturated carbocycles. The van der Waals surface area contributed by atoms with Crippen LogP contribution < -0.4 is 10.9 Å². The lowest BCUT2D eigenvalue weighted by Crippen LogP contribution is -2.28. The zero-order valence-electron chi connectivity index (χ0n) is 16.5. The van der Waals surface area contributed by atoms with Crippen molar-refractivity contribution in [2.75, 3.05) is 11.9 Å². The van der Waals surface area contributed by atoms with Crippen LogP contribution in [0.5, 0.6) is 0 Å². The Morgan fingerprint density at radius 1 is 1.26 bits per heavy atom. The van der Waals surface area contributed by atoms with Crippen molar-refractivity contribution in [3.8, 4) is 0 Å². The van der Waals surface area contributed by atoms with Gasteiger partial charge in [-0.3, -0.25) is 14.0 Å². The van der Waals surface area contributed by atoms with Gasteiger partial charge in [-0.05, 0) is 65.0 Å². The molecular weight excluding hydrogens is 358 g/mol. The molecule has 1 aliphatic rings. The molecule has 0 saturated heterocycles. The van der Waals surface area contributed by atoms with Crippen LogP contribution in [-0.2, 0) is 19.4 Å². The molecule has 0 bridgehead atoms. The Morgan fingerprint density at radius 2 is 2.04 bits per heavy atom. The summed E-state index contributed by atoms with van der Waals surface area (Å²) in [6.45, 7) is 9.57. The quantitative estimate of drug-likeness (QED) is 0.725. The molecule has 1 aliphatic carbocycles. The van der Waals surface area contributed by atoms with Crippen LogP contribution in [0.25, 0.3) is 10.2 Å². The van der Waals surface area contributed by atoms with Gasteiger partial charge in [0.1, 0.15) is 4.83 Å². The highest BCUT2D eigenvalue weighted by Crippen LogP contribution is 2.34. The first kappa shape index (κ1) is 18.2. The van der Waals surface area contributed by atoms with Gasteiger partial charge in [0, 0.05) is 23.2 Å². The summed E-state index contributed by atoms with van der Waals surface area (Å²) >= 11 is 1.70. The molecule has 0 spiro atoms. The molecule has 3 aromatic rings. The topological polar surface area (TPSA) is 64.7 Å². The number of nitrogens with zero attached hydrogens (tertiary/aromatic N) is 4. The largest absolute Gasteiger partial charge is 0.354 e. The van der Waals surface area contributed by atoms with Gasteiger partial charge < -0.3 is 5.32 Å². The summed E-state index contributed by atoms with van der Waals surface area (Å²) in [6, 6.07) is 2.13. The molecule has 0 amide bonds. The molecule has 3 aromatic heterocycles. The van der Waals surface area contributed by atoms with E-state index in [0.717, 1.165) is 41.0 Å². The molecule has 4 rings (SSSR count). The van der Waals surface area contributed by atoms with Crippen molar-refractivity contribution in [1.29, 1.82) is 0 Å². The number of rotatable bonds is 5. The first-order chi connectivity index (χ1) is 13.0. The molecule has 7 heteroatoms. The molecule has 0 atom stereocenters. The summed E-state index contributed by atoms with van der Waals surface area (Å²) in [4.78, 5) is 20.4. The number of anilines is 1. The van der Waals surface area contributed by atoms with Gasteiger partial charge in [0.2, 0.25) is 5.95 Å². The molecular formula is C20H27N5OS. The Balaban J connectivity index is 1.68. The fraction of sp³-hybridized carbons (Fsp3) is 0.550. The van der Waals surface area contributed by atoms with Gasteiger partial charge >= 0.3 is 0 Å². The van der Waals surface area contributed by atoms with Crippen molar-refractivity contribution >= 4 is 27.5 Å². The minimum Gasteiger partial charge on any atom is -0.354 e. The van der Waals surface area contributed by atoms with Gasteiger partial charge in [0.05, 0.1) is 17.6 Å². The highest BCUT2D eigenvalue weighted by Gasteiger charge is 2.22. The Kier molecular flexibility index (Phi) is 4.80. The Hall–Kier alpha value is -2.15. The lowest BCUT2D eigenvalue weighted by Gasteiger charge is -2.17. The van der Waals surface area contributed by atoms with E-state index in [2.05, 4.69) is 23.4 Å². The smallest absolute Gasteiger partial charge is 0.264 e. The molecule has 0 radical (unpaired) electrons. The zero-order chi connectivity index (χ0) is 19.1. The van der Waals surface area contributed by atoms with Crippen molar-refractivity contribution in [2.45, 2.75) is 66.0 Å². The first-order valence-corrected chi connectivity index (χ1v) is 10.6. The standard InChI is InChI=1S/C20H27N5OS/c1-12(2)25-19(26)17-15-7-5-6-8-16(15)27-18(17)22-20(25)21-9-10-24-14(4)11-13(3)23-24/h11-12H,5-10H2,1-4H3,(H,21,22). The van der Waals surface area contributed by atoms with E-state index in [1.807, 2.05) is 30.0 Å². The summed E-state index contributed by atoms with van der Waals surface area (Å²) in [5, 5.41) is 8.75. The number of thiophene rings is 1. The van der Waals surface area contributed by atoms with E-state index in [-0.39, 0.29) is 11.6 Å². The number of fused-ring (bicyclic) bond motifs is 3. The average molecular weight is 386 g/mol. The number of nitrogens with one attached hydrogen (secondary N) is 1. The molecule has 144 valence electrons. The minimum absolute atomic E-state index is 0.0599. The molecule has 3 heterocycles. The second kappa shape index (κ2) is 7.11. The maximum Gasteiger partial charge on any atom is 0.264 e. The van der Waals surface area contributed by atoms with E-state index < -0.39 is 0 Å². The normalized spacial score (nSPS) is 14.1. The summed E-state index contributed by atoms with van der Waals surface area (Å²) in [7, 11) is 0. The van der Waals surface area contributed by atoms with E-state index in [9.17, 15) is 4.79 Å². The van der Waals surface area contributed by atoms with Crippen LogP contribution >= 0.6 is 11.3 Å². The summed E-state index contributed by atoms with van der Waals surface area (Å²) < 4.78 is 3.80. The predicted octanol–water partition coefficient (Wildman–Crippen LogP) is 3.84. The van der Waals surface area contributed by atoms with Crippen LogP contribution in [-0.4, -0.2) is 25.9 Å². The third kappa shape index (κ3) is 3.29. The van der Waals surface area contributed by atoms with Gasteiger partial charge in [-0.25, -0.2) is 4.98 Å². The van der Waals surface area contributed by atoms with Gasteiger partial charge in [0.25, 0.3) is 5.56 Å². The van der Waals surface area contributed by atoms with Gasteiger partial charge in [-0.1, -0.05) is 0 Å². The second-order valence-corrected chi connectivity index (χ2v) is 8.76. The van der Waals surface area contributed by atoms with Gasteiger partial charge in [0.15, 0.2) is 0 Å². The molecule has 0 fully saturated rings. The van der Waals surface area contributed by atoms with Crippen molar-refractivity contribution in [1.82, 2.24) is 19.3 Å². The predicted molar refractivity (Wildman–Crippen MR) is 111 cm³/mol. The van der Waals surface area contributed by atoms with Crippen molar-refractivity contribution < 1.29 is 0 Å². The van der Waals surface area contributed by atoms with E-state index in [0.29, 0.717) is 12.5 Å².